The van der Waals surface area contributed by atoms with Gasteiger partial charge in [-0.25, -0.2) is 9.97 Å². The molecule has 0 spiro atoms. The quantitative estimate of drug-likeness (QED) is 0.472. The molecule has 1 atom stereocenters. The van der Waals surface area contributed by atoms with Gasteiger partial charge in [0.15, 0.2) is 8.68 Å². The van der Waals surface area contributed by atoms with Crippen molar-refractivity contribution in [1.82, 2.24) is 20.2 Å². The van der Waals surface area contributed by atoms with E-state index in [-0.39, 0.29) is 0 Å². The fourth-order valence-corrected chi connectivity index (χ4v) is 7.19. The van der Waals surface area contributed by atoms with Crippen LogP contribution < -0.4 is 0 Å². The molecule has 23 heavy (non-hydrogen) atoms. The summed E-state index contributed by atoms with van der Waals surface area (Å²) in [4.78, 5) is 11.7. The van der Waals surface area contributed by atoms with Gasteiger partial charge < -0.3 is 0 Å². The summed E-state index contributed by atoms with van der Waals surface area (Å²) in [5.41, 5.74) is 1.47. The fraction of sp³-hybridized carbons (Fsp3) is 0.467. The molecule has 0 bridgehead atoms. The van der Waals surface area contributed by atoms with E-state index in [1.54, 1.807) is 41.2 Å². The maximum absolute atomic E-state index is 4.55. The van der Waals surface area contributed by atoms with Crippen LogP contribution in [0.5, 0.6) is 0 Å². The van der Waals surface area contributed by atoms with Crippen molar-refractivity contribution in [3.05, 3.63) is 16.8 Å². The average molecular weight is 381 g/mol. The lowest BCUT2D eigenvalue weighted by Gasteiger charge is -2.17. The Morgan fingerprint density at radius 1 is 1.22 bits per heavy atom. The first kappa shape index (κ1) is 15.8. The number of thiophene rings is 1. The normalized spacial score (nSPS) is 17.6. The fourth-order valence-electron chi connectivity index (χ4n) is 2.83. The molecule has 0 fully saturated rings. The highest BCUT2D eigenvalue weighted by Crippen LogP contribution is 2.42. The number of nitrogens with zero attached hydrogens (tertiary/aromatic N) is 4. The third-order valence-corrected chi connectivity index (χ3v) is 8.05. The second-order valence-corrected chi connectivity index (χ2v) is 10.4. The predicted octanol–water partition coefficient (Wildman–Crippen LogP) is 4.93. The number of aryl methyl sites for hydroxylation is 1. The van der Waals surface area contributed by atoms with E-state index in [2.05, 4.69) is 34.0 Å². The summed E-state index contributed by atoms with van der Waals surface area (Å²) in [7, 11) is 0. The summed E-state index contributed by atoms with van der Waals surface area (Å²) in [5.74, 6) is 1.80. The van der Waals surface area contributed by atoms with Crippen molar-refractivity contribution in [2.75, 3.05) is 5.75 Å². The Bertz CT molecular complexity index is 841. The van der Waals surface area contributed by atoms with Crippen LogP contribution in [0, 0.1) is 5.92 Å². The van der Waals surface area contributed by atoms with E-state index in [9.17, 15) is 0 Å². The van der Waals surface area contributed by atoms with Crippen molar-refractivity contribution in [1.29, 1.82) is 0 Å². The predicted molar refractivity (Wildman–Crippen MR) is 99.0 cm³/mol. The average Bonchev–Trinajstić information content (AvgIpc) is 3.11. The molecule has 0 aromatic carbocycles. The van der Waals surface area contributed by atoms with Crippen molar-refractivity contribution >= 4 is 56.4 Å². The number of rotatable bonds is 4. The van der Waals surface area contributed by atoms with E-state index < -0.39 is 0 Å². The van der Waals surface area contributed by atoms with Gasteiger partial charge in [0.25, 0.3) is 0 Å². The number of thioether (sulfide) groups is 1. The Morgan fingerprint density at radius 3 is 2.96 bits per heavy atom. The maximum Gasteiger partial charge on any atom is 0.181 e. The SMILES string of the molecule is CCSc1nnc(Sc2ncnc3sc4c(c23)CC[C@H](C)C4)s1. The Kier molecular flexibility index (Phi) is 4.58. The number of hydrogen-bond donors (Lipinski definition) is 0. The van der Waals surface area contributed by atoms with Crippen LogP contribution in [0.1, 0.15) is 30.7 Å². The minimum Gasteiger partial charge on any atom is -0.229 e. The van der Waals surface area contributed by atoms with Crippen LogP contribution in [0.25, 0.3) is 10.2 Å². The Labute approximate surface area is 151 Å². The van der Waals surface area contributed by atoms with Gasteiger partial charge in [-0.15, -0.1) is 21.5 Å². The van der Waals surface area contributed by atoms with E-state index in [0.717, 1.165) is 36.6 Å². The van der Waals surface area contributed by atoms with Gasteiger partial charge in [-0.1, -0.05) is 36.9 Å². The number of aromatic nitrogens is 4. The summed E-state index contributed by atoms with van der Waals surface area (Å²) < 4.78 is 1.99. The Hall–Kier alpha value is -0.700. The smallest absolute Gasteiger partial charge is 0.181 e. The van der Waals surface area contributed by atoms with Gasteiger partial charge in [0.2, 0.25) is 0 Å². The van der Waals surface area contributed by atoms with Crippen LogP contribution in [-0.4, -0.2) is 25.9 Å². The number of hydrogen-bond acceptors (Lipinski definition) is 8. The lowest BCUT2D eigenvalue weighted by molar-refractivity contribution is 0.509. The first-order valence-electron chi connectivity index (χ1n) is 7.64. The number of fused-ring (bicyclic) bond motifs is 3. The molecule has 0 aliphatic heterocycles. The van der Waals surface area contributed by atoms with Gasteiger partial charge in [-0.2, -0.15) is 0 Å². The van der Waals surface area contributed by atoms with E-state index in [4.69, 9.17) is 0 Å². The topological polar surface area (TPSA) is 51.6 Å². The highest BCUT2D eigenvalue weighted by atomic mass is 32.2. The van der Waals surface area contributed by atoms with E-state index in [1.807, 2.05) is 11.3 Å². The van der Waals surface area contributed by atoms with Gasteiger partial charge in [-0.3, -0.25) is 0 Å². The van der Waals surface area contributed by atoms with Gasteiger partial charge in [-0.05, 0) is 48.3 Å². The van der Waals surface area contributed by atoms with Crippen molar-refractivity contribution in [3.63, 3.8) is 0 Å². The molecule has 3 aromatic heterocycles. The van der Waals surface area contributed by atoms with Gasteiger partial charge in [0.05, 0.1) is 0 Å². The van der Waals surface area contributed by atoms with Crippen LogP contribution in [0.15, 0.2) is 20.0 Å². The first-order valence-corrected chi connectivity index (χ1v) is 11.1. The van der Waals surface area contributed by atoms with Gasteiger partial charge >= 0.3 is 0 Å². The molecule has 1 aliphatic carbocycles. The molecule has 0 N–H and O–H groups in total. The molecule has 1 aliphatic rings. The van der Waals surface area contributed by atoms with Crippen molar-refractivity contribution in [2.45, 2.75) is 46.8 Å². The van der Waals surface area contributed by atoms with Crippen LogP contribution in [0.3, 0.4) is 0 Å². The van der Waals surface area contributed by atoms with E-state index in [0.29, 0.717) is 0 Å². The molecule has 4 nitrogen and oxygen atoms in total. The second kappa shape index (κ2) is 6.66. The van der Waals surface area contributed by atoms with Crippen LogP contribution in [0.4, 0.5) is 0 Å². The molecule has 0 unspecified atom stereocenters. The Balaban J connectivity index is 1.71. The molecule has 120 valence electrons. The van der Waals surface area contributed by atoms with Crippen molar-refractivity contribution in [3.8, 4) is 0 Å². The van der Waals surface area contributed by atoms with Crippen LogP contribution in [0.2, 0.25) is 0 Å². The van der Waals surface area contributed by atoms with E-state index >= 15 is 0 Å². The minimum absolute atomic E-state index is 0.774. The minimum atomic E-state index is 0.774. The molecule has 0 amide bonds. The maximum atomic E-state index is 4.55. The zero-order chi connectivity index (χ0) is 15.8. The van der Waals surface area contributed by atoms with Gasteiger partial charge in [0.1, 0.15) is 16.2 Å². The lowest BCUT2D eigenvalue weighted by Crippen LogP contribution is -2.08. The molecule has 0 saturated heterocycles. The third kappa shape index (κ3) is 3.14. The highest BCUT2D eigenvalue weighted by Gasteiger charge is 2.23. The zero-order valence-corrected chi connectivity index (χ0v) is 16.2. The molecular weight excluding hydrogens is 364 g/mol. The summed E-state index contributed by atoms with van der Waals surface area (Å²) in [6.07, 6.45) is 5.26. The second-order valence-electron chi connectivity index (χ2n) is 5.58. The molecule has 0 saturated carbocycles. The monoisotopic (exact) mass is 380 g/mol. The summed E-state index contributed by atoms with van der Waals surface area (Å²) in [6.45, 7) is 4.47. The molecule has 3 aromatic rings. The van der Waals surface area contributed by atoms with Crippen molar-refractivity contribution < 1.29 is 0 Å². The van der Waals surface area contributed by atoms with E-state index in [1.165, 1.54) is 28.7 Å². The molecule has 8 heteroatoms. The molecule has 3 heterocycles. The van der Waals surface area contributed by atoms with Crippen molar-refractivity contribution in [2.24, 2.45) is 5.92 Å². The molecule has 4 rings (SSSR count). The first-order chi connectivity index (χ1) is 11.2. The van der Waals surface area contributed by atoms with Gasteiger partial charge in [0, 0.05) is 10.3 Å². The molecular formula is C15H16N4S4. The lowest BCUT2D eigenvalue weighted by atomic mass is 9.89. The highest BCUT2D eigenvalue weighted by molar-refractivity contribution is 8.03. The van der Waals surface area contributed by atoms with Crippen LogP contribution in [-0.2, 0) is 12.8 Å². The third-order valence-electron chi connectivity index (χ3n) is 3.90. The Morgan fingerprint density at radius 2 is 2.09 bits per heavy atom. The summed E-state index contributed by atoms with van der Waals surface area (Å²) in [5, 5.41) is 10.8. The molecule has 0 radical (unpaired) electrons. The van der Waals surface area contributed by atoms with Crippen LogP contribution >= 0.6 is 46.2 Å². The zero-order valence-electron chi connectivity index (χ0n) is 12.9. The largest absolute Gasteiger partial charge is 0.229 e. The standard InChI is InChI=1S/C15H16N4S4/c1-3-20-14-18-19-15(23-14)22-13-11-9-5-4-8(2)6-10(9)21-12(11)16-7-17-13/h7-8H,3-6H2,1-2H3/t8-/m0/s1. The summed E-state index contributed by atoms with van der Waals surface area (Å²) >= 11 is 6.85. The summed E-state index contributed by atoms with van der Waals surface area (Å²) in [6, 6.07) is 0.